The van der Waals surface area contributed by atoms with Gasteiger partial charge in [-0.3, -0.25) is 4.79 Å². The van der Waals surface area contributed by atoms with Crippen LogP contribution in [0.2, 0.25) is 0 Å². The van der Waals surface area contributed by atoms with Crippen LogP contribution in [0, 0.1) is 5.82 Å². The molecule has 1 heterocycles. The largest absolute Gasteiger partial charge is 0.346 e. The SMILES string of the molecule is CCCCN(C)C(=O)CCc1nc(-c2ccccc2F)no1. The lowest BCUT2D eigenvalue weighted by Crippen LogP contribution is -2.27. The molecule has 0 spiro atoms. The number of carbonyl (C=O) groups excluding carboxylic acids is 1. The van der Waals surface area contributed by atoms with E-state index < -0.39 is 5.82 Å². The number of benzene rings is 1. The fourth-order valence-corrected chi connectivity index (χ4v) is 2.03. The highest BCUT2D eigenvalue weighted by molar-refractivity contribution is 5.76. The minimum Gasteiger partial charge on any atom is -0.346 e. The molecule has 0 saturated heterocycles. The van der Waals surface area contributed by atoms with Gasteiger partial charge < -0.3 is 9.42 Å². The number of amides is 1. The van der Waals surface area contributed by atoms with Gasteiger partial charge in [-0.1, -0.05) is 30.6 Å². The molecule has 0 aliphatic heterocycles. The van der Waals surface area contributed by atoms with Crippen molar-refractivity contribution in [3.8, 4) is 11.4 Å². The topological polar surface area (TPSA) is 59.2 Å². The maximum atomic E-state index is 13.6. The van der Waals surface area contributed by atoms with E-state index in [9.17, 15) is 9.18 Å². The quantitative estimate of drug-likeness (QED) is 0.789. The first-order valence-electron chi connectivity index (χ1n) is 7.43. The van der Waals surface area contributed by atoms with Gasteiger partial charge in [0.15, 0.2) is 0 Å². The summed E-state index contributed by atoms with van der Waals surface area (Å²) in [5, 5.41) is 3.77. The van der Waals surface area contributed by atoms with Gasteiger partial charge in [0, 0.05) is 26.4 Å². The Hall–Kier alpha value is -2.24. The monoisotopic (exact) mass is 305 g/mol. The highest BCUT2D eigenvalue weighted by Gasteiger charge is 2.14. The summed E-state index contributed by atoms with van der Waals surface area (Å²) in [6, 6.07) is 6.25. The zero-order valence-corrected chi connectivity index (χ0v) is 12.9. The van der Waals surface area contributed by atoms with Gasteiger partial charge in [-0.15, -0.1) is 0 Å². The maximum absolute atomic E-state index is 13.6. The first-order valence-corrected chi connectivity index (χ1v) is 7.43. The second kappa shape index (κ2) is 7.68. The molecule has 1 aromatic heterocycles. The number of hydrogen-bond acceptors (Lipinski definition) is 4. The molecule has 0 saturated carbocycles. The number of carbonyl (C=O) groups is 1. The number of nitrogens with zero attached hydrogens (tertiary/aromatic N) is 3. The molecule has 5 nitrogen and oxygen atoms in total. The first-order chi connectivity index (χ1) is 10.6. The number of hydrogen-bond donors (Lipinski definition) is 0. The lowest BCUT2D eigenvalue weighted by Gasteiger charge is -2.15. The van der Waals surface area contributed by atoms with Crippen LogP contribution >= 0.6 is 0 Å². The van der Waals surface area contributed by atoms with Crippen molar-refractivity contribution >= 4 is 5.91 Å². The van der Waals surface area contributed by atoms with Crippen molar-refractivity contribution in [3.05, 3.63) is 36.0 Å². The lowest BCUT2D eigenvalue weighted by atomic mass is 10.2. The van der Waals surface area contributed by atoms with E-state index in [1.165, 1.54) is 6.07 Å². The predicted molar refractivity (Wildman–Crippen MR) is 80.6 cm³/mol. The van der Waals surface area contributed by atoms with Gasteiger partial charge in [0.2, 0.25) is 17.6 Å². The first kappa shape index (κ1) is 16.1. The molecule has 0 atom stereocenters. The van der Waals surface area contributed by atoms with E-state index in [4.69, 9.17) is 4.52 Å². The minimum absolute atomic E-state index is 0.0408. The van der Waals surface area contributed by atoms with Gasteiger partial charge in [0.05, 0.1) is 5.56 Å². The van der Waals surface area contributed by atoms with Crippen LogP contribution in [-0.4, -0.2) is 34.5 Å². The van der Waals surface area contributed by atoms with Crippen molar-refractivity contribution in [1.82, 2.24) is 15.0 Å². The Bertz CT molecular complexity index is 627. The fourth-order valence-electron chi connectivity index (χ4n) is 2.03. The molecule has 118 valence electrons. The summed E-state index contributed by atoms with van der Waals surface area (Å²) in [7, 11) is 1.79. The van der Waals surface area contributed by atoms with E-state index in [2.05, 4.69) is 17.1 Å². The van der Waals surface area contributed by atoms with Crippen molar-refractivity contribution in [3.63, 3.8) is 0 Å². The Labute approximate surface area is 129 Å². The average Bonchev–Trinajstić information content (AvgIpc) is 2.99. The van der Waals surface area contributed by atoms with Crippen LogP contribution in [0.5, 0.6) is 0 Å². The Balaban J connectivity index is 1.93. The molecule has 0 bridgehead atoms. The van der Waals surface area contributed by atoms with E-state index in [0.29, 0.717) is 24.3 Å². The van der Waals surface area contributed by atoms with Gasteiger partial charge >= 0.3 is 0 Å². The van der Waals surface area contributed by atoms with Crippen LogP contribution in [0.3, 0.4) is 0 Å². The number of halogens is 1. The molecule has 22 heavy (non-hydrogen) atoms. The summed E-state index contributed by atoms with van der Waals surface area (Å²) >= 11 is 0. The van der Waals surface area contributed by atoms with Crippen molar-refractivity contribution in [2.24, 2.45) is 0 Å². The summed E-state index contributed by atoms with van der Waals surface area (Å²) in [4.78, 5) is 17.8. The highest BCUT2D eigenvalue weighted by atomic mass is 19.1. The van der Waals surface area contributed by atoms with Crippen LogP contribution in [0.15, 0.2) is 28.8 Å². The molecule has 1 aromatic carbocycles. The second-order valence-electron chi connectivity index (χ2n) is 5.16. The maximum Gasteiger partial charge on any atom is 0.227 e. The van der Waals surface area contributed by atoms with Gasteiger partial charge in [-0.25, -0.2) is 4.39 Å². The van der Waals surface area contributed by atoms with Gasteiger partial charge in [-0.05, 0) is 18.6 Å². The van der Waals surface area contributed by atoms with E-state index in [1.807, 2.05) is 0 Å². The third-order valence-electron chi connectivity index (χ3n) is 3.41. The molecular weight excluding hydrogens is 285 g/mol. The van der Waals surface area contributed by atoms with Crippen LogP contribution in [-0.2, 0) is 11.2 Å². The zero-order valence-electron chi connectivity index (χ0n) is 12.9. The average molecular weight is 305 g/mol. The smallest absolute Gasteiger partial charge is 0.227 e. The molecule has 2 rings (SSSR count). The molecule has 1 amide bonds. The second-order valence-corrected chi connectivity index (χ2v) is 5.16. The molecular formula is C16H20FN3O2. The Morgan fingerprint density at radius 1 is 1.36 bits per heavy atom. The van der Waals surface area contributed by atoms with Crippen molar-refractivity contribution in [1.29, 1.82) is 0 Å². The number of rotatable bonds is 7. The fraction of sp³-hybridized carbons (Fsp3) is 0.438. The summed E-state index contributed by atoms with van der Waals surface area (Å²) in [6.07, 6.45) is 2.70. The van der Waals surface area contributed by atoms with Crippen LogP contribution in [0.1, 0.15) is 32.1 Å². The summed E-state index contributed by atoms with van der Waals surface area (Å²) in [5.41, 5.74) is 0.295. The standard InChI is InChI=1S/C16H20FN3O2/c1-3-4-11-20(2)15(21)10-9-14-18-16(19-22-14)12-7-5-6-8-13(12)17/h5-8H,3-4,9-11H2,1-2H3. The molecule has 0 unspecified atom stereocenters. The highest BCUT2D eigenvalue weighted by Crippen LogP contribution is 2.19. The Morgan fingerprint density at radius 3 is 2.86 bits per heavy atom. The van der Waals surface area contributed by atoms with Crippen molar-refractivity contribution in [2.45, 2.75) is 32.6 Å². The Kier molecular flexibility index (Phi) is 5.63. The van der Waals surface area contributed by atoms with E-state index >= 15 is 0 Å². The molecule has 0 N–H and O–H groups in total. The number of aromatic nitrogens is 2. The van der Waals surface area contributed by atoms with Crippen LogP contribution in [0.4, 0.5) is 4.39 Å². The summed E-state index contributed by atoms with van der Waals surface area (Å²) < 4.78 is 18.7. The zero-order chi connectivity index (χ0) is 15.9. The minimum atomic E-state index is -0.398. The van der Waals surface area contributed by atoms with Crippen molar-refractivity contribution in [2.75, 3.05) is 13.6 Å². The van der Waals surface area contributed by atoms with E-state index in [0.717, 1.165) is 19.4 Å². The summed E-state index contributed by atoms with van der Waals surface area (Å²) in [5.74, 6) is 0.194. The molecule has 6 heteroatoms. The number of aryl methyl sites for hydroxylation is 1. The third kappa shape index (κ3) is 4.13. The van der Waals surface area contributed by atoms with Crippen LogP contribution < -0.4 is 0 Å². The molecule has 0 aliphatic carbocycles. The van der Waals surface area contributed by atoms with Crippen molar-refractivity contribution < 1.29 is 13.7 Å². The van der Waals surface area contributed by atoms with Gasteiger partial charge in [0.25, 0.3) is 0 Å². The van der Waals surface area contributed by atoms with E-state index in [1.54, 1.807) is 30.1 Å². The predicted octanol–water partition coefficient (Wildman–Crippen LogP) is 3.07. The molecule has 0 aliphatic rings. The number of unbranched alkanes of at least 4 members (excludes halogenated alkanes) is 1. The molecule has 0 radical (unpaired) electrons. The summed E-state index contributed by atoms with van der Waals surface area (Å²) in [6.45, 7) is 2.83. The Morgan fingerprint density at radius 2 is 2.14 bits per heavy atom. The lowest BCUT2D eigenvalue weighted by molar-refractivity contribution is -0.130. The van der Waals surface area contributed by atoms with Crippen LogP contribution in [0.25, 0.3) is 11.4 Å². The molecule has 2 aromatic rings. The van der Waals surface area contributed by atoms with Gasteiger partial charge in [-0.2, -0.15) is 4.98 Å². The van der Waals surface area contributed by atoms with E-state index in [-0.39, 0.29) is 11.7 Å². The third-order valence-corrected chi connectivity index (χ3v) is 3.41. The normalized spacial score (nSPS) is 10.7. The van der Waals surface area contributed by atoms with Gasteiger partial charge in [0.1, 0.15) is 5.82 Å². The molecule has 0 fully saturated rings.